The Kier molecular flexibility index (Phi) is 5.38. The predicted molar refractivity (Wildman–Crippen MR) is 113 cm³/mol. The number of halogens is 1. The number of β-lactam (4-membered cyclic amide) rings is 1. The van der Waals surface area contributed by atoms with Crippen LogP contribution in [0.25, 0.3) is 0 Å². The summed E-state index contributed by atoms with van der Waals surface area (Å²) in [5, 5.41) is 3.23. The molecule has 0 radical (unpaired) electrons. The van der Waals surface area contributed by atoms with Gasteiger partial charge >= 0.3 is 6.09 Å². The minimum atomic E-state index is -0.480. The van der Waals surface area contributed by atoms with Gasteiger partial charge in [0.15, 0.2) is 0 Å². The Bertz CT molecular complexity index is 957. The van der Waals surface area contributed by atoms with Crippen LogP contribution in [0.4, 0.5) is 16.2 Å². The molecule has 1 aliphatic carbocycles. The van der Waals surface area contributed by atoms with E-state index in [9.17, 15) is 14.4 Å². The van der Waals surface area contributed by atoms with Crippen LogP contribution in [0, 0.1) is 0 Å². The minimum absolute atomic E-state index is 0.0958. The molecule has 0 saturated carbocycles. The first-order chi connectivity index (χ1) is 13.9. The van der Waals surface area contributed by atoms with Crippen molar-refractivity contribution in [2.45, 2.75) is 18.9 Å². The van der Waals surface area contributed by atoms with Crippen molar-refractivity contribution in [3.05, 3.63) is 47.0 Å². The summed E-state index contributed by atoms with van der Waals surface area (Å²) in [6, 6.07) is 7.18. The maximum atomic E-state index is 12.4. The molecule has 1 aromatic carbocycles. The van der Waals surface area contributed by atoms with Crippen LogP contribution in [-0.2, 0) is 14.3 Å². The molecule has 1 atom stereocenters. The second-order valence-corrected chi connectivity index (χ2v) is 7.84. The number of rotatable bonds is 5. The number of hydrogen-bond donors (Lipinski definition) is 1. The van der Waals surface area contributed by atoms with Crippen LogP contribution >= 0.6 is 23.8 Å². The van der Waals surface area contributed by atoms with E-state index in [-0.39, 0.29) is 18.4 Å². The molecule has 0 spiro atoms. The van der Waals surface area contributed by atoms with Gasteiger partial charge in [0.05, 0.1) is 18.7 Å². The van der Waals surface area contributed by atoms with E-state index >= 15 is 0 Å². The molecule has 2 heterocycles. The molecule has 0 bridgehead atoms. The van der Waals surface area contributed by atoms with Gasteiger partial charge in [-0.05, 0) is 30.3 Å². The van der Waals surface area contributed by atoms with E-state index in [4.69, 9.17) is 28.6 Å². The lowest BCUT2D eigenvalue weighted by Crippen LogP contribution is -2.43. The van der Waals surface area contributed by atoms with Gasteiger partial charge < -0.3 is 15.0 Å². The third kappa shape index (κ3) is 4.04. The third-order valence-corrected chi connectivity index (χ3v) is 5.65. The summed E-state index contributed by atoms with van der Waals surface area (Å²) >= 11 is 11.2. The van der Waals surface area contributed by atoms with Crippen molar-refractivity contribution in [3.8, 4) is 0 Å². The molecule has 0 aromatic heterocycles. The summed E-state index contributed by atoms with van der Waals surface area (Å²) in [6.07, 6.45) is 3.36. The number of anilines is 2. The van der Waals surface area contributed by atoms with Gasteiger partial charge in [0, 0.05) is 40.7 Å². The maximum Gasteiger partial charge on any atom is 0.414 e. The topological polar surface area (TPSA) is 79.0 Å². The summed E-state index contributed by atoms with van der Waals surface area (Å²) in [4.78, 5) is 39.9. The lowest BCUT2D eigenvalue weighted by atomic mass is 10.0. The van der Waals surface area contributed by atoms with E-state index < -0.39 is 12.2 Å². The molecule has 3 aliphatic rings. The zero-order valence-corrected chi connectivity index (χ0v) is 17.0. The standard InChI is InChI=1S/C20H18ClN3O4S/c21-12-1-6-17(29)16(9-12)19(26)22-10-15-11-24(20(27)28-15)14-4-2-13(3-5-14)23-8-7-18(23)25/h1-5,9,15H,6-8,10-11H2,(H,22,26)/t15-/m0/s1. The molecule has 9 heteroatoms. The molecule has 2 saturated heterocycles. The number of allylic oxidation sites excluding steroid dienone is 3. The highest BCUT2D eigenvalue weighted by Gasteiger charge is 2.33. The third-order valence-electron chi connectivity index (χ3n) is 5.00. The number of carbonyl (C=O) groups is 3. The zero-order valence-electron chi connectivity index (χ0n) is 15.4. The fourth-order valence-electron chi connectivity index (χ4n) is 3.31. The van der Waals surface area contributed by atoms with Crippen LogP contribution in [-0.4, -0.2) is 48.5 Å². The monoisotopic (exact) mass is 431 g/mol. The molecule has 150 valence electrons. The number of nitrogens with zero attached hydrogens (tertiary/aromatic N) is 2. The van der Waals surface area contributed by atoms with Crippen molar-refractivity contribution in [1.82, 2.24) is 5.32 Å². The van der Waals surface area contributed by atoms with E-state index in [2.05, 4.69) is 5.32 Å². The Morgan fingerprint density at radius 2 is 1.90 bits per heavy atom. The van der Waals surface area contributed by atoms with Crippen LogP contribution in [0.1, 0.15) is 12.8 Å². The lowest BCUT2D eigenvalue weighted by molar-refractivity contribution is -0.122. The van der Waals surface area contributed by atoms with Crippen molar-refractivity contribution in [2.75, 3.05) is 29.4 Å². The van der Waals surface area contributed by atoms with E-state index in [1.807, 2.05) is 12.1 Å². The minimum Gasteiger partial charge on any atom is -0.442 e. The molecule has 2 aliphatic heterocycles. The second-order valence-electron chi connectivity index (χ2n) is 6.91. The van der Waals surface area contributed by atoms with Gasteiger partial charge in [-0.25, -0.2) is 4.79 Å². The van der Waals surface area contributed by atoms with Gasteiger partial charge in [0.25, 0.3) is 5.91 Å². The highest BCUT2D eigenvalue weighted by atomic mass is 35.5. The Labute approximate surface area is 177 Å². The smallest absolute Gasteiger partial charge is 0.414 e. The van der Waals surface area contributed by atoms with Crippen molar-refractivity contribution in [3.63, 3.8) is 0 Å². The molecule has 2 fully saturated rings. The lowest BCUT2D eigenvalue weighted by Gasteiger charge is -2.30. The Morgan fingerprint density at radius 1 is 1.21 bits per heavy atom. The molecule has 3 amide bonds. The molecule has 4 rings (SSSR count). The second kappa shape index (κ2) is 7.96. The molecule has 29 heavy (non-hydrogen) atoms. The highest BCUT2D eigenvalue weighted by Crippen LogP contribution is 2.27. The first-order valence-electron chi connectivity index (χ1n) is 9.19. The zero-order chi connectivity index (χ0) is 20.5. The van der Waals surface area contributed by atoms with Gasteiger partial charge in [0.1, 0.15) is 6.10 Å². The number of thiocarbonyl (C=S) groups is 1. The van der Waals surface area contributed by atoms with Crippen molar-refractivity contribution in [1.29, 1.82) is 0 Å². The number of cyclic esters (lactones) is 1. The number of ether oxygens (including phenoxy) is 1. The molecule has 7 nitrogen and oxygen atoms in total. The molecule has 1 N–H and O–H groups in total. The van der Waals surface area contributed by atoms with Gasteiger partial charge in [-0.3, -0.25) is 14.5 Å². The largest absolute Gasteiger partial charge is 0.442 e. The fourth-order valence-corrected chi connectivity index (χ4v) is 3.73. The predicted octanol–water partition coefficient (Wildman–Crippen LogP) is 2.69. The van der Waals surface area contributed by atoms with E-state index in [0.717, 1.165) is 5.69 Å². The summed E-state index contributed by atoms with van der Waals surface area (Å²) in [6.45, 7) is 1.20. The summed E-state index contributed by atoms with van der Waals surface area (Å²) < 4.78 is 5.36. The summed E-state index contributed by atoms with van der Waals surface area (Å²) in [5.41, 5.74) is 1.85. The molecule has 1 aromatic rings. The SMILES string of the molecule is O=C(NC[C@H]1CN(c2ccc(N3CCC3=O)cc2)C(=O)O1)C1=CC(Cl)=CCC1=S. The number of hydrogen-bond acceptors (Lipinski definition) is 5. The Morgan fingerprint density at radius 3 is 2.52 bits per heavy atom. The van der Waals surface area contributed by atoms with Gasteiger partial charge in [0.2, 0.25) is 5.91 Å². The van der Waals surface area contributed by atoms with E-state index in [1.54, 1.807) is 29.2 Å². The number of carbonyl (C=O) groups excluding carboxylic acids is 3. The van der Waals surface area contributed by atoms with E-state index in [1.165, 1.54) is 4.90 Å². The number of nitrogens with one attached hydrogen (secondary N) is 1. The first kappa shape index (κ1) is 19.6. The molecule has 0 unspecified atom stereocenters. The Balaban J connectivity index is 1.34. The highest BCUT2D eigenvalue weighted by molar-refractivity contribution is 7.81. The molecular formula is C20H18ClN3O4S. The van der Waals surface area contributed by atoms with Crippen LogP contribution < -0.4 is 15.1 Å². The van der Waals surface area contributed by atoms with Gasteiger partial charge in [-0.2, -0.15) is 0 Å². The fraction of sp³-hybridized carbons (Fsp3) is 0.300. The Hall–Kier alpha value is -2.71. The summed E-state index contributed by atoms with van der Waals surface area (Å²) in [5.74, 6) is -0.238. The quantitative estimate of drug-likeness (QED) is 0.572. The van der Waals surface area contributed by atoms with E-state index in [0.29, 0.717) is 47.1 Å². The average molecular weight is 432 g/mol. The van der Waals surface area contributed by atoms with Crippen LogP contribution in [0.5, 0.6) is 0 Å². The maximum absolute atomic E-state index is 12.4. The van der Waals surface area contributed by atoms with Crippen molar-refractivity contribution >= 4 is 58.0 Å². The number of amides is 3. The van der Waals surface area contributed by atoms with Crippen molar-refractivity contribution < 1.29 is 19.1 Å². The number of benzene rings is 1. The molecular weight excluding hydrogens is 414 g/mol. The average Bonchev–Trinajstić information content (AvgIpc) is 3.08. The van der Waals surface area contributed by atoms with Gasteiger partial charge in [-0.15, -0.1) is 0 Å². The summed E-state index contributed by atoms with van der Waals surface area (Å²) in [7, 11) is 0. The van der Waals surface area contributed by atoms with Crippen LogP contribution in [0.2, 0.25) is 0 Å². The van der Waals surface area contributed by atoms with Crippen LogP contribution in [0.3, 0.4) is 0 Å². The van der Waals surface area contributed by atoms with Crippen LogP contribution in [0.15, 0.2) is 47.0 Å². The van der Waals surface area contributed by atoms with Crippen molar-refractivity contribution in [2.24, 2.45) is 0 Å². The normalized spacial score (nSPS) is 21.4. The first-order valence-corrected chi connectivity index (χ1v) is 9.98. The van der Waals surface area contributed by atoms with Gasteiger partial charge in [-0.1, -0.05) is 29.9 Å².